The molecule has 2 aromatic rings. The Labute approximate surface area is 151 Å². The minimum atomic E-state index is -0.421. The van der Waals surface area contributed by atoms with Gasteiger partial charge in [0.1, 0.15) is 5.76 Å². The van der Waals surface area contributed by atoms with Crippen molar-refractivity contribution in [3.63, 3.8) is 0 Å². The highest BCUT2D eigenvalue weighted by Gasteiger charge is 2.50. The normalized spacial score (nSPS) is 22.9. The molecule has 0 bridgehead atoms. The van der Waals surface area contributed by atoms with Gasteiger partial charge in [-0.05, 0) is 19.8 Å². The third kappa shape index (κ3) is 2.89. The first-order valence-electron chi connectivity index (χ1n) is 8.94. The molecule has 1 saturated carbocycles. The molecule has 2 atom stereocenters. The molecule has 138 valence electrons. The van der Waals surface area contributed by atoms with Crippen LogP contribution in [0.4, 0.5) is 0 Å². The van der Waals surface area contributed by atoms with E-state index in [1.54, 1.807) is 24.0 Å². The Kier molecular flexibility index (Phi) is 4.05. The molecule has 1 N–H and O–H groups in total. The average Bonchev–Trinajstić information content (AvgIpc) is 3.15. The van der Waals surface area contributed by atoms with E-state index >= 15 is 0 Å². The minimum Gasteiger partial charge on any atom is -0.444 e. The number of aromatic nitrogens is 3. The van der Waals surface area contributed by atoms with Gasteiger partial charge >= 0.3 is 0 Å². The van der Waals surface area contributed by atoms with Gasteiger partial charge in [-0.15, -0.1) is 0 Å². The fraction of sp³-hybridized carbons (Fsp3) is 0.556. The average molecular weight is 357 g/mol. The fourth-order valence-electron chi connectivity index (χ4n) is 3.74. The molecule has 8 heteroatoms. The number of likely N-dealkylation sites (tertiary alicyclic amines) is 1. The van der Waals surface area contributed by atoms with Crippen LogP contribution in [0.5, 0.6) is 0 Å². The van der Waals surface area contributed by atoms with Crippen LogP contribution in [0.1, 0.15) is 48.2 Å². The first-order chi connectivity index (χ1) is 12.5. The molecule has 8 nitrogen and oxygen atoms in total. The van der Waals surface area contributed by atoms with Crippen LogP contribution in [0.3, 0.4) is 0 Å². The molecule has 2 aromatic heterocycles. The summed E-state index contributed by atoms with van der Waals surface area (Å²) in [5.41, 5.74) is 1.94. The number of hydrogen-bond acceptors (Lipinski definition) is 5. The Morgan fingerprint density at radius 1 is 1.35 bits per heavy atom. The Balaban J connectivity index is 1.57. The Hall–Kier alpha value is -2.64. The molecule has 1 aliphatic carbocycles. The second-order valence-electron chi connectivity index (χ2n) is 7.16. The number of hydrogen-bond donors (Lipinski definition) is 1. The Morgan fingerprint density at radius 3 is 2.69 bits per heavy atom. The second kappa shape index (κ2) is 6.26. The zero-order chi connectivity index (χ0) is 18.4. The van der Waals surface area contributed by atoms with Crippen LogP contribution in [-0.2, 0) is 23.2 Å². The van der Waals surface area contributed by atoms with Gasteiger partial charge in [-0.1, -0.05) is 0 Å². The van der Waals surface area contributed by atoms with Crippen molar-refractivity contribution in [3.8, 4) is 0 Å². The third-order valence-electron chi connectivity index (χ3n) is 5.34. The summed E-state index contributed by atoms with van der Waals surface area (Å²) in [7, 11) is 1.87. The molecule has 0 spiro atoms. The maximum absolute atomic E-state index is 12.9. The lowest BCUT2D eigenvalue weighted by Crippen LogP contribution is -2.36. The van der Waals surface area contributed by atoms with Gasteiger partial charge in [-0.3, -0.25) is 14.3 Å². The molecule has 3 heterocycles. The minimum absolute atomic E-state index is 0.0522. The molecule has 2 aliphatic rings. The summed E-state index contributed by atoms with van der Waals surface area (Å²) in [5, 5.41) is 7.22. The number of oxazole rings is 1. The van der Waals surface area contributed by atoms with E-state index in [1.165, 1.54) is 0 Å². The quantitative estimate of drug-likeness (QED) is 0.873. The molecule has 1 aliphatic heterocycles. The van der Waals surface area contributed by atoms with E-state index < -0.39 is 5.92 Å². The van der Waals surface area contributed by atoms with Crippen LogP contribution in [0.2, 0.25) is 0 Å². The van der Waals surface area contributed by atoms with E-state index in [9.17, 15) is 9.59 Å². The first kappa shape index (κ1) is 16.8. The van der Waals surface area contributed by atoms with Crippen molar-refractivity contribution in [2.45, 2.75) is 51.7 Å². The Bertz CT molecular complexity index is 851. The van der Waals surface area contributed by atoms with Crippen molar-refractivity contribution < 1.29 is 14.0 Å². The van der Waals surface area contributed by atoms with Crippen molar-refractivity contribution in [1.82, 2.24) is 25.0 Å². The van der Waals surface area contributed by atoms with Gasteiger partial charge in [0.2, 0.25) is 11.8 Å². The van der Waals surface area contributed by atoms with Crippen LogP contribution in [0.25, 0.3) is 0 Å². The number of nitrogens with one attached hydrogen (secondary N) is 1. The van der Waals surface area contributed by atoms with Crippen molar-refractivity contribution in [2.75, 3.05) is 0 Å². The molecular weight excluding hydrogens is 334 g/mol. The summed E-state index contributed by atoms with van der Waals surface area (Å²) in [4.78, 5) is 31.5. The van der Waals surface area contributed by atoms with E-state index in [1.807, 2.05) is 18.9 Å². The number of amides is 2. The lowest BCUT2D eigenvalue weighted by Gasteiger charge is -2.28. The van der Waals surface area contributed by atoms with Gasteiger partial charge in [0.05, 0.1) is 30.9 Å². The summed E-state index contributed by atoms with van der Waals surface area (Å²) >= 11 is 0. The topological polar surface area (TPSA) is 93.3 Å². The number of carbonyl (C=O) groups is 2. The van der Waals surface area contributed by atoms with Crippen LogP contribution < -0.4 is 5.32 Å². The van der Waals surface area contributed by atoms with Crippen LogP contribution in [0, 0.1) is 19.8 Å². The van der Waals surface area contributed by atoms with E-state index in [4.69, 9.17) is 4.42 Å². The van der Waals surface area contributed by atoms with E-state index in [2.05, 4.69) is 15.4 Å². The van der Waals surface area contributed by atoms with E-state index in [-0.39, 0.29) is 36.9 Å². The number of rotatable bonds is 5. The Morgan fingerprint density at radius 2 is 2.12 bits per heavy atom. The molecule has 1 saturated heterocycles. The predicted octanol–water partition coefficient (Wildman–Crippen LogP) is 1.39. The van der Waals surface area contributed by atoms with Gasteiger partial charge in [-0.25, -0.2) is 4.98 Å². The van der Waals surface area contributed by atoms with Crippen molar-refractivity contribution in [3.05, 3.63) is 35.3 Å². The van der Waals surface area contributed by atoms with Crippen LogP contribution in [0.15, 0.2) is 16.8 Å². The first-order valence-corrected chi connectivity index (χ1v) is 8.94. The summed E-state index contributed by atoms with van der Waals surface area (Å²) < 4.78 is 7.19. The zero-order valence-corrected chi connectivity index (χ0v) is 15.2. The SMILES string of the molecule is Cc1ncc(CNC(=O)[C@H]2CC(=O)N(C3CC3)[C@@H]2c2cnn(C)c2C)o1. The second-order valence-corrected chi connectivity index (χ2v) is 7.16. The summed E-state index contributed by atoms with van der Waals surface area (Å²) in [5.74, 6) is 0.664. The third-order valence-corrected chi connectivity index (χ3v) is 5.34. The van der Waals surface area contributed by atoms with E-state index in [0.717, 1.165) is 24.1 Å². The maximum atomic E-state index is 12.9. The lowest BCUT2D eigenvalue weighted by atomic mass is 9.93. The van der Waals surface area contributed by atoms with Gasteiger partial charge < -0.3 is 14.6 Å². The van der Waals surface area contributed by atoms with Crippen LogP contribution in [-0.4, -0.2) is 37.5 Å². The van der Waals surface area contributed by atoms with Crippen molar-refractivity contribution >= 4 is 11.8 Å². The molecule has 2 amide bonds. The number of nitrogens with zero attached hydrogens (tertiary/aromatic N) is 4. The van der Waals surface area contributed by atoms with Gasteiger partial charge in [0, 0.05) is 37.7 Å². The summed E-state index contributed by atoms with van der Waals surface area (Å²) in [6.45, 7) is 4.00. The zero-order valence-electron chi connectivity index (χ0n) is 15.2. The van der Waals surface area contributed by atoms with Gasteiger partial charge in [0.25, 0.3) is 0 Å². The smallest absolute Gasteiger partial charge is 0.226 e. The largest absolute Gasteiger partial charge is 0.444 e. The van der Waals surface area contributed by atoms with E-state index in [0.29, 0.717) is 11.7 Å². The standard InChI is InChI=1S/C18H23N5O3/c1-10-15(9-21-22(10)3)17-14(6-16(24)23(17)12-4-5-12)18(25)20-8-13-7-19-11(2)26-13/h7,9,12,14,17H,4-6,8H2,1-3H3,(H,20,25)/t14-,17-/m0/s1. The fourth-order valence-corrected chi connectivity index (χ4v) is 3.74. The lowest BCUT2D eigenvalue weighted by molar-refractivity contribution is -0.129. The summed E-state index contributed by atoms with van der Waals surface area (Å²) in [6.07, 6.45) is 5.64. The molecule has 0 radical (unpaired) electrons. The van der Waals surface area contributed by atoms with Gasteiger partial charge in [0.15, 0.2) is 5.89 Å². The maximum Gasteiger partial charge on any atom is 0.226 e. The number of aryl methyl sites for hydroxylation is 2. The molecule has 2 fully saturated rings. The highest BCUT2D eigenvalue weighted by molar-refractivity contribution is 5.90. The highest BCUT2D eigenvalue weighted by atomic mass is 16.4. The molecular formula is C18H23N5O3. The van der Waals surface area contributed by atoms with Gasteiger partial charge in [-0.2, -0.15) is 5.10 Å². The number of carbonyl (C=O) groups excluding carboxylic acids is 2. The van der Waals surface area contributed by atoms with Crippen molar-refractivity contribution in [2.24, 2.45) is 13.0 Å². The molecule has 0 aromatic carbocycles. The predicted molar refractivity (Wildman–Crippen MR) is 91.7 cm³/mol. The van der Waals surface area contributed by atoms with Crippen LogP contribution >= 0.6 is 0 Å². The molecule has 26 heavy (non-hydrogen) atoms. The molecule has 0 unspecified atom stereocenters. The van der Waals surface area contributed by atoms with Crippen molar-refractivity contribution in [1.29, 1.82) is 0 Å². The monoisotopic (exact) mass is 357 g/mol. The summed E-state index contributed by atoms with van der Waals surface area (Å²) in [6, 6.07) is 0.00184. The highest BCUT2D eigenvalue weighted by Crippen LogP contribution is 2.45. The molecule has 4 rings (SSSR count).